The van der Waals surface area contributed by atoms with Gasteiger partial charge in [-0.1, -0.05) is 24.3 Å². The number of aliphatic carboxylic acids is 1. The number of carbonyl (C=O) groups is 6. The lowest BCUT2D eigenvalue weighted by atomic mass is 10.1. The number of hydrogen-bond donors (Lipinski definition) is 3. The quantitative estimate of drug-likeness (QED) is 0.435. The Labute approximate surface area is 211 Å². The van der Waals surface area contributed by atoms with Gasteiger partial charge in [0.1, 0.15) is 18.4 Å². The number of carboxylic acid groups (broad SMARTS) is 1. The zero-order chi connectivity index (χ0) is 26.5. The van der Waals surface area contributed by atoms with Crippen LogP contribution in [0.3, 0.4) is 0 Å². The number of carbonyl (C=O) groups excluding carboxylic acids is 5. The fourth-order valence-electron chi connectivity index (χ4n) is 4.35. The first-order chi connectivity index (χ1) is 17.8. The molecule has 37 heavy (non-hydrogen) atoms. The van der Waals surface area contributed by atoms with Gasteiger partial charge in [-0.15, -0.1) is 0 Å². The summed E-state index contributed by atoms with van der Waals surface area (Å²) in [4.78, 5) is 79.1. The lowest BCUT2D eigenvalue weighted by molar-refractivity contribution is -0.165. The van der Waals surface area contributed by atoms with E-state index >= 15 is 0 Å². The average molecular weight is 508 g/mol. The Morgan fingerprint density at radius 3 is 2.73 bits per heavy atom. The molecular weight excluding hydrogens is 482 g/mol. The number of nitrogens with one attached hydrogen (secondary N) is 2. The Hall–Kier alpha value is -4.61. The molecule has 1 aromatic carbocycles. The van der Waals surface area contributed by atoms with Gasteiger partial charge in [-0.25, -0.2) is 10.0 Å². The van der Waals surface area contributed by atoms with Crippen molar-refractivity contribution >= 4 is 46.8 Å². The highest BCUT2D eigenvalue weighted by molar-refractivity contribution is 6.07. The van der Waals surface area contributed by atoms with Gasteiger partial charge in [0.15, 0.2) is 0 Å². The zero-order valence-corrected chi connectivity index (χ0v) is 19.7. The van der Waals surface area contributed by atoms with Crippen molar-refractivity contribution in [2.45, 2.75) is 50.2 Å². The Balaban J connectivity index is 1.56. The summed E-state index contributed by atoms with van der Waals surface area (Å²) in [6.07, 6.45) is 4.48. The van der Waals surface area contributed by atoms with Gasteiger partial charge in [-0.05, 0) is 31.4 Å². The normalized spacial score (nSPS) is 20.1. The third kappa shape index (κ3) is 5.47. The molecule has 1 fully saturated rings. The van der Waals surface area contributed by atoms with Crippen LogP contribution in [0.2, 0.25) is 0 Å². The van der Waals surface area contributed by atoms with Crippen LogP contribution in [0.5, 0.6) is 0 Å². The molecule has 1 saturated heterocycles. The molecule has 0 unspecified atom stereocenters. The SMILES string of the molecule is O=C[C@H](CCC(=O)O)NC(=O)[C@@H]1CC=CN2C(=O)CC[C@H](NC(=O)c3cccc4cccnc34)C(=O)N12. The minimum Gasteiger partial charge on any atom is -0.481 e. The first kappa shape index (κ1) is 25.5. The number of aldehydes is 1. The maximum absolute atomic E-state index is 13.6. The van der Waals surface area contributed by atoms with Gasteiger partial charge in [0.2, 0.25) is 11.8 Å². The van der Waals surface area contributed by atoms with Crippen LogP contribution >= 0.6 is 0 Å². The Kier molecular flexibility index (Phi) is 7.56. The average Bonchev–Trinajstić information content (AvgIpc) is 3.02. The first-order valence-corrected chi connectivity index (χ1v) is 11.7. The second-order valence-corrected chi connectivity index (χ2v) is 8.69. The summed E-state index contributed by atoms with van der Waals surface area (Å²) in [6, 6.07) is 5.28. The summed E-state index contributed by atoms with van der Waals surface area (Å²) in [5.74, 6) is -3.50. The monoisotopic (exact) mass is 507 g/mol. The molecular formula is C25H25N5O7. The van der Waals surface area contributed by atoms with Crippen molar-refractivity contribution in [1.82, 2.24) is 25.6 Å². The summed E-state index contributed by atoms with van der Waals surface area (Å²) < 4.78 is 0. The first-order valence-electron chi connectivity index (χ1n) is 11.7. The van der Waals surface area contributed by atoms with E-state index in [4.69, 9.17) is 5.11 Å². The van der Waals surface area contributed by atoms with E-state index in [-0.39, 0.29) is 37.7 Å². The standard InChI is InChI=1S/C25H25N5O7/c31-14-16(8-11-21(33)34)27-24(36)19-7-3-13-29-20(32)10-9-18(25(37)30(19)29)28-23(35)17-6-1-4-15-5-2-12-26-22(15)17/h1-6,12-14,16,18-19H,7-11H2,(H,27,36)(H,28,35)(H,33,34)/t16-,18-,19-/m0/s1. The van der Waals surface area contributed by atoms with Crippen LogP contribution in [-0.4, -0.2) is 74.1 Å². The van der Waals surface area contributed by atoms with Gasteiger partial charge < -0.3 is 20.5 Å². The number of fused-ring (bicyclic) bond motifs is 2. The van der Waals surface area contributed by atoms with E-state index in [0.29, 0.717) is 11.8 Å². The highest BCUT2D eigenvalue weighted by atomic mass is 16.4. The Morgan fingerprint density at radius 1 is 1.19 bits per heavy atom. The summed E-state index contributed by atoms with van der Waals surface area (Å²) >= 11 is 0. The molecule has 3 atom stereocenters. The van der Waals surface area contributed by atoms with E-state index in [2.05, 4.69) is 15.6 Å². The van der Waals surface area contributed by atoms with Crippen LogP contribution in [0, 0.1) is 0 Å². The predicted molar refractivity (Wildman–Crippen MR) is 128 cm³/mol. The van der Waals surface area contributed by atoms with Gasteiger partial charge in [0.05, 0.1) is 17.1 Å². The van der Waals surface area contributed by atoms with Crippen molar-refractivity contribution in [3.8, 4) is 0 Å². The number of nitrogens with zero attached hydrogens (tertiary/aromatic N) is 3. The van der Waals surface area contributed by atoms with E-state index in [9.17, 15) is 28.8 Å². The molecule has 1 aromatic heterocycles. The zero-order valence-electron chi connectivity index (χ0n) is 19.7. The minimum atomic E-state index is -1.18. The van der Waals surface area contributed by atoms with Gasteiger partial charge >= 0.3 is 5.97 Å². The maximum atomic E-state index is 13.6. The molecule has 3 N–H and O–H groups in total. The van der Waals surface area contributed by atoms with Crippen molar-refractivity contribution < 1.29 is 33.9 Å². The van der Waals surface area contributed by atoms with Crippen molar-refractivity contribution in [2.75, 3.05) is 0 Å². The predicted octanol–water partition coefficient (Wildman–Crippen LogP) is 0.534. The summed E-state index contributed by atoms with van der Waals surface area (Å²) in [5.41, 5.74) is 0.721. The van der Waals surface area contributed by atoms with Gasteiger partial charge in [-0.2, -0.15) is 0 Å². The van der Waals surface area contributed by atoms with Gasteiger partial charge in [0.25, 0.3) is 11.8 Å². The molecule has 2 aliphatic heterocycles. The second-order valence-electron chi connectivity index (χ2n) is 8.69. The molecule has 192 valence electrons. The van der Waals surface area contributed by atoms with Crippen molar-refractivity contribution in [3.63, 3.8) is 0 Å². The smallest absolute Gasteiger partial charge is 0.303 e. The fourth-order valence-corrected chi connectivity index (χ4v) is 4.35. The topological polar surface area (TPSA) is 166 Å². The van der Waals surface area contributed by atoms with E-state index in [0.717, 1.165) is 15.4 Å². The molecule has 4 amide bonds. The molecule has 3 heterocycles. The van der Waals surface area contributed by atoms with Crippen LogP contribution < -0.4 is 10.6 Å². The van der Waals surface area contributed by atoms with E-state index in [1.807, 2.05) is 0 Å². The van der Waals surface area contributed by atoms with Crippen LogP contribution in [-0.2, 0) is 24.0 Å². The van der Waals surface area contributed by atoms with Crippen LogP contribution in [0.25, 0.3) is 10.9 Å². The van der Waals surface area contributed by atoms with E-state index < -0.39 is 47.7 Å². The second kappa shape index (κ2) is 11.0. The van der Waals surface area contributed by atoms with Crippen LogP contribution in [0.1, 0.15) is 42.5 Å². The number of rotatable bonds is 8. The number of carboxylic acids is 1. The Morgan fingerprint density at radius 2 is 1.97 bits per heavy atom. The molecule has 12 nitrogen and oxygen atoms in total. The summed E-state index contributed by atoms with van der Waals surface area (Å²) in [5, 5.41) is 16.8. The lowest BCUT2D eigenvalue weighted by Crippen LogP contribution is -2.61. The molecule has 2 aromatic rings. The van der Waals surface area contributed by atoms with Crippen LogP contribution in [0.4, 0.5) is 0 Å². The van der Waals surface area contributed by atoms with Crippen molar-refractivity contribution in [1.29, 1.82) is 0 Å². The summed E-state index contributed by atoms with van der Waals surface area (Å²) in [6.45, 7) is 0. The van der Waals surface area contributed by atoms with E-state index in [1.165, 1.54) is 6.20 Å². The molecule has 2 aliphatic rings. The third-order valence-corrected chi connectivity index (χ3v) is 6.21. The van der Waals surface area contributed by atoms with E-state index in [1.54, 1.807) is 42.6 Å². The molecule has 12 heteroatoms. The molecule has 0 aliphatic carbocycles. The lowest BCUT2D eigenvalue weighted by Gasteiger charge is -2.39. The number of aromatic nitrogens is 1. The highest BCUT2D eigenvalue weighted by Gasteiger charge is 2.43. The largest absolute Gasteiger partial charge is 0.481 e. The number of para-hydroxylation sites is 1. The Bertz CT molecular complexity index is 1290. The van der Waals surface area contributed by atoms with Crippen molar-refractivity contribution in [3.05, 3.63) is 54.4 Å². The third-order valence-electron chi connectivity index (χ3n) is 6.21. The van der Waals surface area contributed by atoms with Crippen LogP contribution in [0.15, 0.2) is 48.8 Å². The molecule has 4 rings (SSSR count). The van der Waals surface area contributed by atoms with Crippen molar-refractivity contribution in [2.24, 2.45) is 0 Å². The fraction of sp³-hybridized carbons (Fsp3) is 0.320. The minimum absolute atomic E-state index is 0.0202. The number of hydrazine groups is 1. The van der Waals surface area contributed by atoms with Gasteiger partial charge in [-0.3, -0.25) is 29.0 Å². The van der Waals surface area contributed by atoms with Gasteiger partial charge in [0, 0.05) is 30.6 Å². The highest BCUT2D eigenvalue weighted by Crippen LogP contribution is 2.24. The number of pyridine rings is 1. The summed E-state index contributed by atoms with van der Waals surface area (Å²) in [7, 11) is 0. The molecule has 0 radical (unpaired) electrons. The molecule has 0 spiro atoms. The molecule has 0 bridgehead atoms. The maximum Gasteiger partial charge on any atom is 0.303 e. The molecule has 0 saturated carbocycles. The number of benzene rings is 1. The number of hydrogen-bond acceptors (Lipinski definition) is 7. The number of amides is 4.